The summed E-state index contributed by atoms with van der Waals surface area (Å²) in [6.45, 7) is 3.50. The first kappa shape index (κ1) is 17.3. The van der Waals surface area contributed by atoms with Crippen LogP contribution in [0.2, 0.25) is 0 Å². The molecule has 4 rings (SSSR count). The lowest BCUT2D eigenvalue weighted by molar-refractivity contribution is 0.130. The van der Waals surface area contributed by atoms with Crippen molar-refractivity contribution in [3.05, 3.63) is 47.7 Å². The predicted molar refractivity (Wildman–Crippen MR) is 97.0 cm³/mol. The van der Waals surface area contributed by atoms with Crippen LogP contribution in [0.3, 0.4) is 0 Å². The summed E-state index contributed by atoms with van der Waals surface area (Å²) >= 11 is 0. The van der Waals surface area contributed by atoms with E-state index in [0.29, 0.717) is 43.3 Å². The van der Waals surface area contributed by atoms with Crippen molar-refractivity contribution < 1.29 is 17.9 Å². The van der Waals surface area contributed by atoms with Gasteiger partial charge in [0.1, 0.15) is 11.9 Å². The minimum absolute atomic E-state index is 0.00919. The minimum Gasteiger partial charge on any atom is -0.493 e. The summed E-state index contributed by atoms with van der Waals surface area (Å²) in [6.07, 6.45) is 3.83. The monoisotopic (exact) mass is 374 g/mol. The van der Waals surface area contributed by atoms with Crippen molar-refractivity contribution in [2.24, 2.45) is 0 Å². The van der Waals surface area contributed by atoms with Crippen LogP contribution in [-0.2, 0) is 16.4 Å². The van der Waals surface area contributed by atoms with Gasteiger partial charge in [0, 0.05) is 31.8 Å². The molecule has 0 amide bonds. The van der Waals surface area contributed by atoms with Gasteiger partial charge in [0.25, 0.3) is 0 Å². The van der Waals surface area contributed by atoms with Crippen molar-refractivity contribution in [3.8, 4) is 11.6 Å². The number of ether oxygens (including phenoxy) is 2. The number of aryl methyl sites for hydroxylation is 1. The Bertz CT molecular complexity index is 888. The summed E-state index contributed by atoms with van der Waals surface area (Å²) < 4.78 is 38.7. The molecule has 0 spiro atoms. The van der Waals surface area contributed by atoms with E-state index in [1.807, 2.05) is 19.1 Å². The zero-order chi connectivity index (χ0) is 18.1. The maximum atomic E-state index is 12.9. The first-order valence-corrected chi connectivity index (χ1v) is 10.3. The number of benzene rings is 1. The first-order valence-electron chi connectivity index (χ1n) is 8.87. The van der Waals surface area contributed by atoms with Crippen LogP contribution in [0.5, 0.6) is 11.6 Å². The maximum Gasteiger partial charge on any atom is 0.243 e. The Morgan fingerprint density at radius 3 is 2.73 bits per heavy atom. The highest BCUT2D eigenvalue weighted by Crippen LogP contribution is 2.30. The summed E-state index contributed by atoms with van der Waals surface area (Å²) in [5, 5.41) is 0. The predicted octanol–water partition coefficient (Wildman–Crippen LogP) is 2.56. The molecule has 138 valence electrons. The van der Waals surface area contributed by atoms with Crippen molar-refractivity contribution >= 4 is 10.0 Å². The van der Waals surface area contributed by atoms with E-state index >= 15 is 0 Å². The number of hydrogen-bond acceptors (Lipinski definition) is 5. The molecule has 26 heavy (non-hydrogen) atoms. The average molecular weight is 374 g/mol. The molecule has 1 fully saturated rings. The number of rotatable bonds is 4. The molecule has 0 bridgehead atoms. The van der Waals surface area contributed by atoms with Crippen molar-refractivity contribution in [2.75, 3.05) is 19.7 Å². The van der Waals surface area contributed by atoms with Crippen molar-refractivity contribution in [2.45, 2.75) is 37.2 Å². The Hall–Kier alpha value is -2.12. The van der Waals surface area contributed by atoms with Crippen LogP contribution >= 0.6 is 0 Å². The van der Waals surface area contributed by atoms with Crippen LogP contribution in [-0.4, -0.2) is 43.5 Å². The molecule has 2 aliphatic heterocycles. The number of aromatic nitrogens is 1. The molecule has 0 saturated carbocycles. The number of fused-ring (bicyclic) bond motifs is 1. The number of nitrogens with zero attached hydrogens (tertiary/aromatic N) is 2. The highest BCUT2D eigenvalue weighted by molar-refractivity contribution is 7.89. The third-order valence-corrected chi connectivity index (χ3v) is 6.77. The van der Waals surface area contributed by atoms with Crippen molar-refractivity contribution in [3.63, 3.8) is 0 Å². The lowest BCUT2D eigenvalue weighted by atomic mass is 10.1. The molecule has 0 atom stereocenters. The molecule has 3 heterocycles. The molecule has 6 nitrogen and oxygen atoms in total. The topological polar surface area (TPSA) is 68.7 Å². The molecule has 0 radical (unpaired) electrons. The Morgan fingerprint density at radius 1 is 1.19 bits per heavy atom. The molecule has 0 aliphatic carbocycles. The summed E-state index contributed by atoms with van der Waals surface area (Å²) in [7, 11) is -3.48. The number of pyridine rings is 1. The van der Waals surface area contributed by atoms with Crippen LogP contribution in [0, 0.1) is 6.92 Å². The van der Waals surface area contributed by atoms with Gasteiger partial charge in [0.2, 0.25) is 15.9 Å². The largest absolute Gasteiger partial charge is 0.493 e. The molecule has 1 aromatic heterocycles. The Labute approximate surface area is 153 Å². The van der Waals surface area contributed by atoms with E-state index in [2.05, 4.69) is 4.98 Å². The second kappa shape index (κ2) is 6.89. The SMILES string of the molecule is Cc1ccc(OC2CCN(S(=O)(=O)c3ccc4c(c3)CCO4)CC2)nc1. The van der Waals surface area contributed by atoms with E-state index in [-0.39, 0.29) is 6.10 Å². The molecular formula is C19H22N2O4S. The molecule has 0 N–H and O–H groups in total. The lowest BCUT2D eigenvalue weighted by Crippen LogP contribution is -2.41. The molecule has 0 unspecified atom stereocenters. The summed E-state index contributed by atoms with van der Waals surface area (Å²) in [5.74, 6) is 1.39. The van der Waals surface area contributed by atoms with E-state index in [0.717, 1.165) is 23.3 Å². The van der Waals surface area contributed by atoms with Gasteiger partial charge in [0.15, 0.2) is 0 Å². The Morgan fingerprint density at radius 2 is 2.00 bits per heavy atom. The van der Waals surface area contributed by atoms with Gasteiger partial charge in [0.05, 0.1) is 11.5 Å². The summed E-state index contributed by atoms with van der Waals surface area (Å²) in [6, 6.07) is 8.95. The molecule has 2 aliphatic rings. The summed E-state index contributed by atoms with van der Waals surface area (Å²) in [4.78, 5) is 4.60. The van der Waals surface area contributed by atoms with E-state index in [1.165, 1.54) is 0 Å². The smallest absolute Gasteiger partial charge is 0.243 e. The first-order chi connectivity index (χ1) is 12.5. The maximum absolute atomic E-state index is 12.9. The third-order valence-electron chi connectivity index (χ3n) is 4.87. The fourth-order valence-corrected chi connectivity index (χ4v) is 4.88. The average Bonchev–Trinajstić information content (AvgIpc) is 3.12. The normalized spacial score (nSPS) is 18.3. The minimum atomic E-state index is -3.48. The summed E-state index contributed by atoms with van der Waals surface area (Å²) in [5.41, 5.74) is 2.05. The van der Waals surface area contributed by atoms with Crippen LogP contribution in [0.15, 0.2) is 41.4 Å². The van der Waals surface area contributed by atoms with Crippen molar-refractivity contribution in [1.82, 2.24) is 9.29 Å². The molecular weight excluding hydrogens is 352 g/mol. The van der Waals surface area contributed by atoms with Gasteiger partial charge in [-0.1, -0.05) is 6.07 Å². The van der Waals surface area contributed by atoms with Gasteiger partial charge >= 0.3 is 0 Å². The van der Waals surface area contributed by atoms with Crippen LogP contribution in [0.25, 0.3) is 0 Å². The second-order valence-electron chi connectivity index (χ2n) is 6.76. The third kappa shape index (κ3) is 3.41. The second-order valence-corrected chi connectivity index (χ2v) is 8.70. The van der Waals surface area contributed by atoms with Gasteiger partial charge in [-0.05, 0) is 49.1 Å². The zero-order valence-electron chi connectivity index (χ0n) is 14.7. The van der Waals surface area contributed by atoms with Crippen LogP contribution in [0.1, 0.15) is 24.0 Å². The fraction of sp³-hybridized carbons (Fsp3) is 0.421. The van der Waals surface area contributed by atoms with Crippen LogP contribution in [0.4, 0.5) is 0 Å². The van der Waals surface area contributed by atoms with Gasteiger partial charge in [-0.2, -0.15) is 4.31 Å². The zero-order valence-corrected chi connectivity index (χ0v) is 15.5. The van der Waals surface area contributed by atoms with Crippen molar-refractivity contribution in [1.29, 1.82) is 0 Å². The number of sulfonamides is 1. The van der Waals surface area contributed by atoms with Gasteiger partial charge < -0.3 is 9.47 Å². The lowest BCUT2D eigenvalue weighted by Gasteiger charge is -2.31. The molecule has 1 aromatic carbocycles. The standard InChI is InChI=1S/C19H22N2O4S/c1-14-2-5-19(20-13-14)25-16-6-9-21(10-7-16)26(22,23)17-3-4-18-15(12-17)8-11-24-18/h2-5,12-13,16H,6-11H2,1H3. The van der Waals surface area contributed by atoms with E-state index in [4.69, 9.17) is 9.47 Å². The highest BCUT2D eigenvalue weighted by atomic mass is 32.2. The Balaban J connectivity index is 1.41. The molecule has 2 aromatic rings. The quantitative estimate of drug-likeness (QED) is 0.823. The number of hydrogen-bond donors (Lipinski definition) is 0. The van der Waals surface area contributed by atoms with Crippen LogP contribution < -0.4 is 9.47 Å². The van der Waals surface area contributed by atoms with Gasteiger partial charge in [-0.25, -0.2) is 13.4 Å². The van der Waals surface area contributed by atoms with E-state index < -0.39 is 10.0 Å². The van der Waals surface area contributed by atoms with Gasteiger partial charge in [-0.3, -0.25) is 0 Å². The van der Waals surface area contributed by atoms with E-state index in [1.54, 1.807) is 28.7 Å². The molecule has 1 saturated heterocycles. The highest BCUT2D eigenvalue weighted by Gasteiger charge is 2.31. The Kier molecular flexibility index (Phi) is 4.58. The number of piperidine rings is 1. The fourth-order valence-electron chi connectivity index (χ4n) is 3.36. The van der Waals surface area contributed by atoms with Gasteiger partial charge in [-0.15, -0.1) is 0 Å². The molecule has 7 heteroatoms. The van der Waals surface area contributed by atoms with E-state index in [9.17, 15) is 8.42 Å².